The molecular weight excluding hydrogens is 1250 g/mol. The minimum absolute atomic E-state index is 0.00335. The van der Waals surface area contributed by atoms with Gasteiger partial charge in [0.15, 0.2) is 52.9 Å². The highest BCUT2D eigenvalue weighted by molar-refractivity contribution is 6.26. The van der Waals surface area contributed by atoms with Gasteiger partial charge >= 0.3 is 12.2 Å². The Morgan fingerprint density at radius 2 is 0.969 bits per heavy atom. The summed E-state index contributed by atoms with van der Waals surface area (Å²) in [5, 5.41) is 43.8. The number of piperazine rings is 2. The van der Waals surface area contributed by atoms with E-state index in [0.29, 0.717) is 46.8 Å². The van der Waals surface area contributed by atoms with Gasteiger partial charge in [0, 0.05) is 88.9 Å². The van der Waals surface area contributed by atoms with Gasteiger partial charge in [-0.15, -0.1) is 0 Å². The molecule has 2 saturated heterocycles. The number of aromatic hydroxyl groups is 1. The molecule has 27 heteroatoms. The van der Waals surface area contributed by atoms with Crippen LogP contribution >= 0.6 is 0 Å². The number of hydrogen-bond acceptors (Lipinski definition) is 23. The molecule has 2 unspecified atom stereocenters. The lowest BCUT2D eigenvalue weighted by Gasteiger charge is -2.60. The van der Waals surface area contributed by atoms with E-state index in [1.807, 2.05) is 43.8 Å². The Labute approximate surface area is 565 Å². The molecule has 0 aromatic heterocycles. The number of alkyl carbamates (subject to hydrolysis) is 2. The first-order valence-corrected chi connectivity index (χ1v) is 32.3. The summed E-state index contributed by atoms with van der Waals surface area (Å²) in [6.45, 7) is 19.9. The Balaban J connectivity index is 0.000000228. The first-order valence-electron chi connectivity index (χ1n) is 32.3. The van der Waals surface area contributed by atoms with Crippen LogP contribution in [0.2, 0.25) is 0 Å². The molecule has 2 aliphatic carbocycles. The third kappa shape index (κ3) is 13.2. The lowest BCUT2D eigenvalue weighted by Crippen LogP contribution is -2.71. The van der Waals surface area contributed by atoms with E-state index in [2.05, 4.69) is 49.3 Å². The molecule has 2 aromatic carbocycles. The normalized spacial score (nSPS) is 25.9. The van der Waals surface area contributed by atoms with Gasteiger partial charge in [0.25, 0.3) is 0 Å². The van der Waals surface area contributed by atoms with Crippen LogP contribution in [0.3, 0.4) is 0 Å². The number of allylic oxidation sites excluding steroid dienone is 4. The highest BCUT2D eigenvalue weighted by Gasteiger charge is 2.60. The number of carbonyl (C=O) groups is 8. The van der Waals surface area contributed by atoms with Crippen molar-refractivity contribution in [3.05, 3.63) is 90.5 Å². The number of ketones is 4. The van der Waals surface area contributed by atoms with Crippen molar-refractivity contribution in [1.82, 2.24) is 40.9 Å². The molecule has 27 nitrogen and oxygen atoms in total. The molecule has 12 atom stereocenters. The van der Waals surface area contributed by atoms with Gasteiger partial charge in [-0.3, -0.25) is 48.4 Å². The highest BCUT2D eigenvalue weighted by Crippen LogP contribution is 2.56. The third-order valence-electron chi connectivity index (χ3n) is 19.6. The number of benzene rings is 2. The zero-order valence-corrected chi connectivity index (χ0v) is 58.7. The van der Waals surface area contributed by atoms with Gasteiger partial charge in [-0.25, -0.2) is 9.59 Å². The van der Waals surface area contributed by atoms with Crippen molar-refractivity contribution in [2.45, 2.75) is 192 Å². The molecule has 6 aliphatic heterocycles. The van der Waals surface area contributed by atoms with E-state index in [0.717, 1.165) is 27.8 Å². The number of phenols is 1. The summed E-state index contributed by atoms with van der Waals surface area (Å²) in [5.41, 5.74) is 4.88. The lowest BCUT2D eigenvalue weighted by molar-refractivity contribution is -0.125. The lowest BCUT2D eigenvalue weighted by atomic mass is 9.69. The molecule has 6 heterocycles. The van der Waals surface area contributed by atoms with E-state index in [-0.39, 0.29) is 95.9 Å². The number of methoxy groups -OCH3 is 5. The summed E-state index contributed by atoms with van der Waals surface area (Å²) < 4.78 is 44.3. The van der Waals surface area contributed by atoms with E-state index >= 15 is 0 Å². The molecule has 0 radical (unpaired) electrons. The van der Waals surface area contributed by atoms with Gasteiger partial charge in [0.2, 0.25) is 23.4 Å². The fourth-order valence-electron chi connectivity index (χ4n) is 15.7. The zero-order chi connectivity index (χ0) is 71.5. The van der Waals surface area contributed by atoms with Crippen LogP contribution in [0.25, 0.3) is 0 Å². The Kier molecular flexibility index (Phi) is 20.9. The predicted octanol–water partition coefficient (Wildman–Crippen LogP) is 4.98. The number of nitrogens with one attached hydrogen (secondary N) is 4. The third-order valence-corrected chi connectivity index (χ3v) is 19.6. The standard InChI is InChI=1S/C36H47N5O9.C34H43N5O8/c1-17-11-20-12-22-24(14-37)41-23(28(40(22)7)26(20)33(31(17)47-9)49-16-46-8)13-21-27(30(43)32(48-10)18(2)29(21)42)25(41)15-38-34(44)19(3)39-35(45)50-36(4,5)6;1-15-10-18-11-20-22(13-35)39-21(26(38(20)7)24(18)28(41)30(15)45-8)12-19-25(29(42)31(46-9)16(2)27(19)40)23(39)14-36-32(43)17(3)37-33(44)47-34(4,5)6/h11,19,22-25,28H,12-13,15-16H2,1-10H3,(H,38,44)(H,39,45);10,17,20-23,26,41H,11-12,14H2,1-9H3,(H,36,43)(H,37,44)/t19-,22-,23?,24-,25-,28-;17-,20-,21?,22-,23-,26-/m00/s1. The zero-order valence-electron chi connectivity index (χ0n) is 58.7. The summed E-state index contributed by atoms with van der Waals surface area (Å²) in [7, 11) is 11.1. The Morgan fingerprint density at radius 1 is 0.577 bits per heavy atom. The summed E-state index contributed by atoms with van der Waals surface area (Å²) in [5.74, 6) is -1.37. The summed E-state index contributed by atoms with van der Waals surface area (Å²) in [6, 6.07) is 1.25. The van der Waals surface area contributed by atoms with Crippen LogP contribution in [0.5, 0.6) is 23.0 Å². The average molecular weight is 1340 g/mol. The summed E-state index contributed by atoms with van der Waals surface area (Å²) >= 11 is 0. The molecular formula is C70H90N10O17. The quantitative estimate of drug-likeness (QED) is 0.116. The van der Waals surface area contributed by atoms with E-state index < -0.39 is 107 Å². The molecule has 97 heavy (non-hydrogen) atoms. The maximum Gasteiger partial charge on any atom is 0.408 e. The van der Waals surface area contributed by atoms with E-state index in [9.17, 15) is 54.0 Å². The number of phenolic OH excluding ortho intramolecular Hbond substituents is 1. The van der Waals surface area contributed by atoms with Crippen LogP contribution in [-0.4, -0.2) is 213 Å². The number of aryl methyl sites for hydroxylation is 2. The van der Waals surface area contributed by atoms with Gasteiger partial charge in [0.05, 0.1) is 64.7 Å². The number of likely N-dealkylation sites (N-methyl/N-ethyl adjacent to an activating group) is 2. The molecule has 4 amide bonds. The number of nitrogens with zero attached hydrogens (tertiary/aromatic N) is 6. The second-order valence-electron chi connectivity index (χ2n) is 27.9. The number of carbonyl (C=O) groups excluding carboxylic acids is 8. The van der Waals surface area contributed by atoms with Gasteiger partial charge in [-0.2, -0.15) is 10.5 Å². The maximum atomic E-state index is 14.1. The fourth-order valence-corrected chi connectivity index (χ4v) is 15.7. The van der Waals surface area contributed by atoms with Crippen molar-refractivity contribution < 1.29 is 81.4 Å². The number of ether oxygens (including phenoxy) is 8. The smallest absolute Gasteiger partial charge is 0.408 e. The van der Waals surface area contributed by atoms with Crippen molar-refractivity contribution in [1.29, 1.82) is 10.5 Å². The largest absolute Gasteiger partial charge is 0.504 e. The molecule has 0 saturated carbocycles. The first-order chi connectivity index (χ1) is 45.6. The number of amides is 4. The Hall–Kier alpha value is -8.86. The topological polar surface area (TPSA) is 339 Å². The van der Waals surface area contributed by atoms with Gasteiger partial charge in [-0.05, 0) is 145 Å². The average Bonchev–Trinajstić information content (AvgIpc) is 0.707. The molecule has 522 valence electrons. The van der Waals surface area contributed by atoms with E-state index in [1.165, 1.54) is 42.3 Å². The predicted molar refractivity (Wildman–Crippen MR) is 350 cm³/mol. The van der Waals surface area contributed by atoms with E-state index in [4.69, 9.17) is 37.9 Å². The van der Waals surface area contributed by atoms with Crippen LogP contribution in [0.15, 0.2) is 57.1 Å². The van der Waals surface area contributed by atoms with Crippen LogP contribution in [0, 0.1) is 36.5 Å². The van der Waals surface area contributed by atoms with Gasteiger partial charge in [-0.1, -0.05) is 12.1 Å². The van der Waals surface area contributed by atoms with Gasteiger partial charge < -0.3 is 64.3 Å². The van der Waals surface area contributed by atoms with Crippen molar-refractivity contribution in [2.24, 2.45) is 0 Å². The van der Waals surface area contributed by atoms with Crippen molar-refractivity contribution in [2.75, 3.05) is 69.5 Å². The second kappa shape index (κ2) is 27.9. The number of hydrogen-bond donors (Lipinski definition) is 5. The monoisotopic (exact) mass is 1340 g/mol. The molecule has 0 spiro atoms. The highest BCUT2D eigenvalue weighted by atomic mass is 16.7. The molecule has 4 bridgehead atoms. The first kappa shape index (κ1) is 72.4. The van der Waals surface area contributed by atoms with Crippen LogP contribution < -0.4 is 35.5 Å². The van der Waals surface area contributed by atoms with Crippen molar-refractivity contribution in [3.63, 3.8) is 0 Å². The SMILES string of the molecule is COC1=C(C)C(=O)C2=C(C1=O)[C@H](CNC(=O)[C@H](C)NC(=O)OC(C)(C)C)N1C(C2)[C@H]2c3c(cc(C)c(OC)c3O)C[C@@H]([C@@H]1C#N)N2C.COCOc1c(OC)c(C)cc2c1[C@@H]1C3CC4=C(C(=O)C(OC)=C(C)C4=O)[C@H](CNC(=O)[C@H](C)NC(=O)OC(C)(C)C)N3[C@@H](C#N)[C@H](C2)N1C. The number of nitriles is 2. The van der Waals surface area contributed by atoms with Crippen LogP contribution in [-0.2, 0) is 65.3 Å². The minimum Gasteiger partial charge on any atom is -0.504 e. The van der Waals surface area contributed by atoms with Crippen molar-refractivity contribution in [3.8, 4) is 35.1 Å². The number of rotatable bonds is 15. The minimum atomic E-state index is -0.990. The number of Topliss-reactive ketones (excluding diaryl/α,β-unsaturated/α-hetero) is 4. The van der Waals surface area contributed by atoms with E-state index in [1.54, 1.807) is 62.5 Å². The maximum absolute atomic E-state index is 14.1. The molecule has 5 N–H and O–H groups in total. The fraction of sp³-hybridized carbons (Fsp3) is 0.571. The summed E-state index contributed by atoms with van der Waals surface area (Å²) in [6.07, 6.45) is -0.289. The van der Waals surface area contributed by atoms with Crippen LogP contribution in [0.1, 0.15) is 128 Å². The summed E-state index contributed by atoms with van der Waals surface area (Å²) in [4.78, 5) is 116. The Morgan fingerprint density at radius 3 is 1.34 bits per heavy atom. The molecule has 8 aliphatic rings. The molecule has 2 aromatic rings. The number of fused-ring (bicyclic) bond motifs is 12. The molecule has 2 fully saturated rings. The van der Waals surface area contributed by atoms with Crippen molar-refractivity contribution >= 4 is 47.1 Å². The van der Waals surface area contributed by atoms with Crippen LogP contribution in [0.4, 0.5) is 9.59 Å². The molecule has 10 rings (SSSR count). The second-order valence-corrected chi connectivity index (χ2v) is 27.9. The van der Waals surface area contributed by atoms with Gasteiger partial charge in [0.1, 0.15) is 35.4 Å². The Bertz CT molecular complexity index is 3840.